The molecule has 1 nitrogen and oxygen atoms in total. The summed E-state index contributed by atoms with van der Waals surface area (Å²) in [4.78, 5) is 12.1. The zero-order valence-electron chi connectivity index (χ0n) is 11.3. The Morgan fingerprint density at radius 1 is 1.25 bits per heavy atom. The maximum Gasteiger partial charge on any atom is 0.136 e. The van der Waals surface area contributed by atoms with Crippen LogP contribution in [0.15, 0.2) is 0 Å². The molecule has 2 rings (SSSR count). The third kappa shape index (κ3) is 1.83. The lowest BCUT2D eigenvalue weighted by molar-refractivity contribution is -0.138. The highest BCUT2D eigenvalue weighted by Crippen LogP contribution is 2.54. The molecule has 2 fully saturated rings. The summed E-state index contributed by atoms with van der Waals surface area (Å²) in [5.41, 5.74) is 0.308. The van der Waals surface area contributed by atoms with E-state index in [-0.39, 0.29) is 0 Å². The Bertz CT molecular complexity index is 281. The zero-order valence-corrected chi connectivity index (χ0v) is 11.3. The van der Waals surface area contributed by atoms with Crippen LogP contribution in [0.1, 0.15) is 59.8 Å². The van der Waals surface area contributed by atoms with E-state index < -0.39 is 0 Å². The molecule has 0 saturated heterocycles. The van der Waals surface area contributed by atoms with E-state index >= 15 is 0 Å². The second-order valence-corrected chi connectivity index (χ2v) is 6.75. The Balaban J connectivity index is 2.20. The minimum Gasteiger partial charge on any atom is -0.299 e. The number of hydrogen-bond acceptors (Lipinski definition) is 1. The number of fused-ring (bicyclic) bond motifs is 1. The van der Waals surface area contributed by atoms with Crippen molar-refractivity contribution in [3.05, 3.63) is 0 Å². The maximum absolute atomic E-state index is 12.1. The Morgan fingerprint density at radius 2 is 1.94 bits per heavy atom. The third-order valence-corrected chi connectivity index (χ3v) is 5.61. The first-order valence-electron chi connectivity index (χ1n) is 6.98. The van der Waals surface area contributed by atoms with Crippen LogP contribution >= 0.6 is 0 Å². The van der Waals surface area contributed by atoms with Gasteiger partial charge in [0, 0.05) is 12.3 Å². The van der Waals surface area contributed by atoms with Crippen LogP contribution in [0.4, 0.5) is 0 Å². The number of Topliss-reactive ketones (excluding diaryl/α,β-unsaturated/α-hetero) is 1. The molecule has 1 heteroatoms. The van der Waals surface area contributed by atoms with Gasteiger partial charge in [-0.1, -0.05) is 27.7 Å². The van der Waals surface area contributed by atoms with Gasteiger partial charge in [0.2, 0.25) is 0 Å². The maximum atomic E-state index is 12.1. The summed E-state index contributed by atoms with van der Waals surface area (Å²) in [6, 6.07) is 0. The van der Waals surface area contributed by atoms with Crippen LogP contribution in [0.5, 0.6) is 0 Å². The second-order valence-electron chi connectivity index (χ2n) is 6.75. The molecule has 0 aromatic heterocycles. The summed E-state index contributed by atoms with van der Waals surface area (Å²) in [6.45, 7) is 9.42. The lowest BCUT2D eigenvalue weighted by atomic mass is 9.52. The predicted octanol–water partition coefficient (Wildman–Crippen LogP) is 4.06. The molecular weight excluding hydrogens is 196 g/mol. The first kappa shape index (κ1) is 12.1. The van der Waals surface area contributed by atoms with Crippen LogP contribution in [0.3, 0.4) is 0 Å². The molecule has 0 radical (unpaired) electrons. The van der Waals surface area contributed by atoms with Gasteiger partial charge in [-0.2, -0.15) is 0 Å². The lowest BCUT2D eigenvalue weighted by Crippen LogP contribution is -2.47. The summed E-state index contributed by atoms with van der Waals surface area (Å²) < 4.78 is 0. The van der Waals surface area contributed by atoms with Gasteiger partial charge in [0.15, 0.2) is 0 Å². The van der Waals surface area contributed by atoms with Gasteiger partial charge in [0.1, 0.15) is 5.78 Å². The molecule has 2 aliphatic carbocycles. The molecule has 2 saturated carbocycles. The van der Waals surface area contributed by atoms with E-state index in [1.165, 1.54) is 12.8 Å². The Morgan fingerprint density at radius 3 is 2.56 bits per heavy atom. The van der Waals surface area contributed by atoms with E-state index in [9.17, 15) is 4.79 Å². The topological polar surface area (TPSA) is 17.1 Å². The summed E-state index contributed by atoms with van der Waals surface area (Å²) in [6.07, 6.45) is 5.67. The van der Waals surface area contributed by atoms with Gasteiger partial charge < -0.3 is 0 Å². The molecule has 0 amide bonds. The summed E-state index contributed by atoms with van der Waals surface area (Å²) in [7, 11) is 0. The Labute approximate surface area is 100.0 Å². The van der Waals surface area contributed by atoms with E-state index in [4.69, 9.17) is 0 Å². The molecule has 0 unspecified atom stereocenters. The second kappa shape index (κ2) is 4.16. The Kier molecular flexibility index (Phi) is 3.16. The standard InChI is InChI=1S/C15H26O/c1-10(2)12-6-7-13-14(16)8-5-11(3)15(13,4)9-12/h10-13H,5-9H2,1-4H3/t11-,12-,13+,15+/m1/s1. The van der Waals surface area contributed by atoms with Gasteiger partial charge in [-0.25, -0.2) is 0 Å². The average molecular weight is 222 g/mol. The van der Waals surface area contributed by atoms with Crippen LogP contribution < -0.4 is 0 Å². The molecule has 16 heavy (non-hydrogen) atoms. The van der Waals surface area contributed by atoms with Crippen molar-refractivity contribution in [1.29, 1.82) is 0 Å². The van der Waals surface area contributed by atoms with Crippen LogP contribution in [0, 0.1) is 29.1 Å². The first-order valence-corrected chi connectivity index (χ1v) is 6.98. The van der Waals surface area contributed by atoms with Crippen LogP contribution in [-0.2, 0) is 4.79 Å². The van der Waals surface area contributed by atoms with Crippen LogP contribution in [0.2, 0.25) is 0 Å². The molecule has 0 aromatic rings. The number of hydrogen-bond donors (Lipinski definition) is 0. The van der Waals surface area contributed by atoms with Gasteiger partial charge >= 0.3 is 0 Å². The van der Waals surface area contributed by atoms with E-state index in [0.29, 0.717) is 17.1 Å². The fourth-order valence-electron chi connectivity index (χ4n) is 4.02. The average Bonchev–Trinajstić information content (AvgIpc) is 2.23. The highest BCUT2D eigenvalue weighted by molar-refractivity contribution is 5.82. The number of carbonyl (C=O) groups is 1. The third-order valence-electron chi connectivity index (χ3n) is 5.61. The van der Waals surface area contributed by atoms with Crippen molar-refractivity contribution in [1.82, 2.24) is 0 Å². The minimum absolute atomic E-state index is 0.308. The number of ketones is 1. The molecule has 0 spiro atoms. The fourth-order valence-corrected chi connectivity index (χ4v) is 4.02. The summed E-state index contributed by atoms with van der Waals surface area (Å²) in [5.74, 6) is 3.29. The van der Waals surface area contributed by atoms with Crippen LogP contribution in [0.25, 0.3) is 0 Å². The van der Waals surface area contributed by atoms with Crippen molar-refractivity contribution in [2.75, 3.05) is 0 Å². The van der Waals surface area contributed by atoms with Crippen molar-refractivity contribution < 1.29 is 4.79 Å². The minimum atomic E-state index is 0.308. The summed E-state index contributed by atoms with van der Waals surface area (Å²) >= 11 is 0. The van der Waals surface area contributed by atoms with Crippen molar-refractivity contribution in [2.45, 2.75) is 59.8 Å². The van der Waals surface area contributed by atoms with Gasteiger partial charge in [-0.15, -0.1) is 0 Å². The lowest BCUT2D eigenvalue weighted by Gasteiger charge is -2.51. The molecule has 0 heterocycles. The first-order chi connectivity index (χ1) is 7.45. The Hall–Kier alpha value is -0.330. The molecule has 0 aliphatic heterocycles. The van der Waals surface area contributed by atoms with E-state index in [1.54, 1.807) is 0 Å². The van der Waals surface area contributed by atoms with Crippen molar-refractivity contribution in [3.8, 4) is 0 Å². The van der Waals surface area contributed by atoms with Crippen molar-refractivity contribution >= 4 is 5.78 Å². The van der Waals surface area contributed by atoms with Crippen LogP contribution in [-0.4, -0.2) is 5.78 Å². The predicted molar refractivity (Wildman–Crippen MR) is 67.2 cm³/mol. The SMILES string of the molecule is CC(C)[C@@H]1CC[C@H]2C(=O)CC[C@@H](C)[C@]2(C)C1. The molecular formula is C15H26O. The highest BCUT2D eigenvalue weighted by atomic mass is 16.1. The van der Waals surface area contributed by atoms with Gasteiger partial charge in [0.05, 0.1) is 0 Å². The van der Waals surface area contributed by atoms with E-state index in [1.807, 2.05) is 0 Å². The van der Waals surface area contributed by atoms with Gasteiger partial charge in [-0.3, -0.25) is 4.79 Å². The molecule has 92 valence electrons. The molecule has 0 N–H and O–H groups in total. The van der Waals surface area contributed by atoms with Crippen molar-refractivity contribution in [2.24, 2.45) is 29.1 Å². The summed E-state index contributed by atoms with van der Waals surface area (Å²) in [5, 5.41) is 0. The van der Waals surface area contributed by atoms with Gasteiger partial charge in [-0.05, 0) is 48.9 Å². The number of carbonyl (C=O) groups excluding carboxylic acids is 1. The van der Waals surface area contributed by atoms with Crippen molar-refractivity contribution in [3.63, 3.8) is 0 Å². The normalized spacial score (nSPS) is 44.6. The monoisotopic (exact) mass is 222 g/mol. The molecule has 4 atom stereocenters. The fraction of sp³-hybridized carbons (Fsp3) is 0.933. The smallest absolute Gasteiger partial charge is 0.136 e. The van der Waals surface area contributed by atoms with E-state index in [0.717, 1.165) is 37.0 Å². The molecule has 0 bridgehead atoms. The molecule has 0 aromatic carbocycles. The van der Waals surface area contributed by atoms with E-state index in [2.05, 4.69) is 27.7 Å². The largest absolute Gasteiger partial charge is 0.299 e. The zero-order chi connectivity index (χ0) is 11.9. The molecule has 2 aliphatic rings. The van der Waals surface area contributed by atoms with Gasteiger partial charge in [0.25, 0.3) is 0 Å². The quantitative estimate of drug-likeness (QED) is 0.654. The number of rotatable bonds is 1. The highest BCUT2D eigenvalue weighted by Gasteiger charge is 2.49.